The highest BCUT2D eigenvalue weighted by atomic mass is 16.5. The van der Waals surface area contributed by atoms with Gasteiger partial charge in [0.15, 0.2) is 0 Å². The molecule has 0 aromatic carbocycles. The quantitative estimate of drug-likeness (QED) is 0.0362. The first-order chi connectivity index (χ1) is 29.5. The molecule has 0 aliphatic rings. The van der Waals surface area contributed by atoms with Crippen LogP contribution in [-0.4, -0.2) is 35.6 Å². The Bertz CT molecular complexity index is 1060. The highest BCUT2D eigenvalue weighted by molar-refractivity contribution is 5.80. The SMILES string of the molecule is CC/C=C\C/C=C\C/C=C\C/C=C\CCCCC(CCCCCCCC(=O)NCC(=O)O)OC(=O)CCCCCCCCCCCCCCCCCCCCCCCCC. The molecule has 1 atom stereocenters. The fourth-order valence-corrected chi connectivity index (χ4v) is 7.74. The zero-order valence-corrected chi connectivity index (χ0v) is 39.6. The van der Waals surface area contributed by atoms with Gasteiger partial charge in [-0.3, -0.25) is 14.4 Å². The molecular weight excluding hydrogens is 743 g/mol. The number of carboxylic acids is 1. The molecule has 0 bridgehead atoms. The molecule has 0 aliphatic heterocycles. The van der Waals surface area contributed by atoms with E-state index >= 15 is 0 Å². The van der Waals surface area contributed by atoms with Crippen LogP contribution in [0.5, 0.6) is 0 Å². The van der Waals surface area contributed by atoms with E-state index in [-0.39, 0.29) is 24.5 Å². The number of aliphatic carboxylic acids is 1. The van der Waals surface area contributed by atoms with Gasteiger partial charge in [-0.1, -0.05) is 223 Å². The second-order valence-corrected chi connectivity index (χ2v) is 17.4. The van der Waals surface area contributed by atoms with Crippen LogP contribution in [0.15, 0.2) is 48.6 Å². The lowest BCUT2D eigenvalue weighted by atomic mass is 10.0. The van der Waals surface area contributed by atoms with Gasteiger partial charge in [0.1, 0.15) is 12.6 Å². The predicted molar refractivity (Wildman–Crippen MR) is 258 cm³/mol. The van der Waals surface area contributed by atoms with Crippen molar-refractivity contribution in [2.24, 2.45) is 0 Å². The van der Waals surface area contributed by atoms with E-state index in [0.717, 1.165) is 103 Å². The molecule has 0 spiro atoms. The zero-order valence-electron chi connectivity index (χ0n) is 39.6. The summed E-state index contributed by atoms with van der Waals surface area (Å²) in [6, 6.07) is 0. The highest BCUT2D eigenvalue weighted by Gasteiger charge is 2.14. The van der Waals surface area contributed by atoms with Crippen LogP contribution >= 0.6 is 0 Å². The molecule has 2 N–H and O–H groups in total. The predicted octanol–water partition coefficient (Wildman–Crippen LogP) is 16.6. The van der Waals surface area contributed by atoms with Gasteiger partial charge in [0.25, 0.3) is 0 Å². The molecule has 0 aliphatic carbocycles. The molecular formula is C54H97NO5. The number of amides is 1. The summed E-state index contributed by atoms with van der Waals surface area (Å²) in [5, 5.41) is 11.1. The maximum atomic E-state index is 12.8. The minimum atomic E-state index is -1.02. The van der Waals surface area contributed by atoms with Gasteiger partial charge in [-0.2, -0.15) is 0 Å². The third-order valence-corrected chi connectivity index (χ3v) is 11.5. The van der Waals surface area contributed by atoms with Crippen LogP contribution < -0.4 is 5.32 Å². The number of carboxylic acid groups (broad SMARTS) is 1. The van der Waals surface area contributed by atoms with Crippen molar-refractivity contribution in [3.8, 4) is 0 Å². The van der Waals surface area contributed by atoms with E-state index in [4.69, 9.17) is 9.84 Å². The van der Waals surface area contributed by atoms with E-state index in [1.807, 2.05) is 0 Å². The number of carbonyl (C=O) groups excluding carboxylic acids is 2. The van der Waals surface area contributed by atoms with Crippen molar-refractivity contribution in [2.45, 2.75) is 270 Å². The Hall–Kier alpha value is -2.63. The van der Waals surface area contributed by atoms with Crippen LogP contribution in [0.3, 0.4) is 0 Å². The highest BCUT2D eigenvalue weighted by Crippen LogP contribution is 2.19. The number of unbranched alkanes of at least 4 members (excludes halogenated alkanes) is 28. The summed E-state index contributed by atoms with van der Waals surface area (Å²) in [6.07, 6.45) is 64.1. The van der Waals surface area contributed by atoms with Crippen molar-refractivity contribution >= 4 is 17.8 Å². The number of esters is 1. The Morgan fingerprint density at radius 1 is 0.450 bits per heavy atom. The van der Waals surface area contributed by atoms with Gasteiger partial charge in [-0.05, 0) is 77.0 Å². The average molecular weight is 840 g/mol. The van der Waals surface area contributed by atoms with Crippen molar-refractivity contribution in [1.82, 2.24) is 5.32 Å². The molecule has 6 heteroatoms. The number of rotatable bonds is 47. The number of ether oxygens (including phenoxy) is 1. The molecule has 0 saturated carbocycles. The molecule has 0 radical (unpaired) electrons. The van der Waals surface area contributed by atoms with Crippen molar-refractivity contribution in [3.05, 3.63) is 48.6 Å². The first-order valence-corrected chi connectivity index (χ1v) is 25.8. The zero-order chi connectivity index (χ0) is 43.7. The minimum absolute atomic E-state index is 0.0127. The Morgan fingerprint density at radius 2 is 0.817 bits per heavy atom. The van der Waals surface area contributed by atoms with E-state index in [2.05, 4.69) is 67.8 Å². The summed E-state index contributed by atoms with van der Waals surface area (Å²) < 4.78 is 6.05. The monoisotopic (exact) mass is 840 g/mol. The first-order valence-electron chi connectivity index (χ1n) is 25.8. The van der Waals surface area contributed by atoms with Gasteiger partial charge in [-0.25, -0.2) is 0 Å². The summed E-state index contributed by atoms with van der Waals surface area (Å²) in [5.41, 5.74) is 0. The number of allylic oxidation sites excluding steroid dienone is 8. The van der Waals surface area contributed by atoms with Crippen LogP contribution in [-0.2, 0) is 19.1 Å². The van der Waals surface area contributed by atoms with E-state index < -0.39 is 5.97 Å². The molecule has 0 rings (SSSR count). The minimum Gasteiger partial charge on any atom is -0.480 e. The van der Waals surface area contributed by atoms with Gasteiger partial charge >= 0.3 is 11.9 Å². The number of carbonyl (C=O) groups is 3. The van der Waals surface area contributed by atoms with Crippen LogP contribution in [0, 0.1) is 0 Å². The number of hydrogen-bond donors (Lipinski definition) is 2. The molecule has 348 valence electrons. The molecule has 1 unspecified atom stereocenters. The van der Waals surface area contributed by atoms with Gasteiger partial charge in [0.05, 0.1) is 0 Å². The van der Waals surface area contributed by atoms with Crippen molar-refractivity contribution in [2.75, 3.05) is 6.54 Å². The molecule has 0 heterocycles. The largest absolute Gasteiger partial charge is 0.480 e. The van der Waals surface area contributed by atoms with Crippen molar-refractivity contribution in [1.29, 1.82) is 0 Å². The topological polar surface area (TPSA) is 92.7 Å². The molecule has 60 heavy (non-hydrogen) atoms. The van der Waals surface area contributed by atoms with Crippen LogP contribution in [0.4, 0.5) is 0 Å². The summed E-state index contributed by atoms with van der Waals surface area (Å²) >= 11 is 0. The molecule has 0 fully saturated rings. The second kappa shape index (κ2) is 49.0. The van der Waals surface area contributed by atoms with Crippen LogP contribution in [0.25, 0.3) is 0 Å². The van der Waals surface area contributed by atoms with Gasteiger partial charge < -0.3 is 15.2 Å². The maximum Gasteiger partial charge on any atom is 0.322 e. The van der Waals surface area contributed by atoms with Crippen molar-refractivity contribution in [3.63, 3.8) is 0 Å². The summed E-state index contributed by atoms with van der Waals surface area (Å²) in [7, 11) is 0. The lowest BCUT2D eigenvalue weighted by Crippen LogP contribution is -2.28. The third-order valence-electron chi connectivity index (χ3n) is 11.5. The van der Waals surface area contributed by atoms with E-state index in [0.29, 0.717) is 12.8 Å². The molecule has 0 saturated heterocycles. The molecule has 0 aromatic rings. The smallest absolute Gasteiger partial charge is 0.322 e. The van der Waals surface area contributed by atoms with E-state index in [9.17, 15) is 14.4 Å². The average Bonchev–Trinajstić information content (AvgIpc) is 3.24. The Kier molecular flexibility index (Phi) is 46.9. The van der Waals surface area contributed by atoms with Gasteiger partial charge in [-0.15, -0.1) is 0 Å². The summed E-state index contributed by atoms with van der Waals surface area (Å²) in [6.45, 7) is 4.13. The Morgan fingerprint density at radius 3 is 1.25 bits per heavy atom. The van der Waals surface area contributed by atoms with Crippen molar-refractivity contribution < 1.29 is 24.2 Å². The standard InChI is InChI=1S/C54H97NO5/c1-3-5-7-9-11-13-15-17-19-20-21-22-23-24-25-26-28-30-32-34-36-41-45-49-54(59)60-51(47-43-39-37-40-44-48-52(56)55-50-53(57)58)46-42-38-35-33-31-29-27-18-16-14-12-10-8-6-4-2/h6,8,12,14,18,27,31,33,51H,3-5,7,9-11,13,15-17,19-26,28-30,32,34-50H2,1-2H3,(H,55,56)(H,57,58)/b8-6-,14-12-,27-18-,33-31-. The normalized spacial score (nSPS) is 12.4. The number of hydrogen-bond acceptors (Lipinski definition) is 4. The fraction of sp³-hybridized carbons (Fsp3) is 0.796. The molecule has 6 nitrogen and oxygen atoms in total. The van der Waals surface area contributed by atoms with Crippen LogP contribution in [0.2, 0.25) is 0 Å². The molecule has 1 amide bonds. The van der Waals surface area contributed by atoms with Gasteiger partial charge in [0.2, 0.25) is 5.91 Å². The number of nitrogens with one attached hydrogen (secondary N) is 1. The fourth-order valence-electron chi connectivity index (χ4n) is 7.74. The van der Waals surface area contributed by atoms with E-state index in [1.54, 1.807) is 0 Å². The van der Waals surface area contributed by atoms with Crippen LogP contribution in [0.1, 0.15) is 264 Å². The lowest BCUT2D eigenvalue weighted by Gasteiger charge is -2.18. The summed E-state index contributed by atoms with van der Waals surface area (Å²) in [5.74, 6) is -1.25. The molecule has 0 aromatic heterocycles. The first kappa shape index (κ1) is 57.4. The third kappa shape index (κ3) is 48.0. The van der Waals surface area contributed by atoms with E-state index in [1.165, 1.54) is 135 Å². The maximum absolute atomic E-state index is 12.8. The van der Waals surface area contributed by atoms with Gasteiger partial charge in [0, 0.05) is 12.8 Å². The lowest BCUT2D eigenvalue weighted by molar-refractivity contribution is -0.150. The Balaban J connectivity index is 4.09. The Labute approximate surface area is 371 Å². The second-order valence-electron chi connectivity index (χ2n) is 17.4. The summed E-state index contributed by atoms with van der Waals surface area (Å²) in [4.78, 5) is 35.2.